The van der Waals surface area contributed by atoms with Gasteiger partial charge in [-0.1, -0.05) is 38.1 Å². The summed E-state index contributed by atoms with van der Waals surface area (Å²) in [4.78, 5) is 24.3. The predicted molar refractivity (Wildman–Crippen MR) is 99.7 cm³/mol. The second kappa shape index (κ2) is 7.83. The Balaban J connectivity index is 2.05. The van der Waals surface area contributed by atoms with Gasteiger partial charge in [-0.05, 0) is 44.2 Å². The monoisotopic (exact) mass is 340 g/mol. The summed E-state index contributed by atoms with van der Waals surface area (Å²) in [6.07, 6.45) is 0. The van der Waals surface area contributed by atoms with Gasteiger partial charge in [0.2, 0.25) is 5.91 Å². The van der Waals surface area contributed by atoms with E-state index in [1.54, 1.807) is 50.2 Å². The number of ether oxygens (including phenoxy) is 1. The number of hydrogen-bond donors (Lipinski definition) is 2. The highest BCUT2D eigenvalue weighted by atomic mass is 16.5. The summed E-state index contributed by atoms with van der Waals surface area (Å²) >= 11 is 0. The van der Waals surface area contributed by atoms with Gasteiger partial charge in [0, 0.05) is 17.3 Å². The maximum atomic E-state index is 12.6. The third-order valence-corrected chi connectivity index (χ3v) is 3.58. The number of amides is 2. The largest absolute Gasteiger partial charge is 0.478 e. The molecule has 0 saturated heterocycles. The number of carbonyl (C=O) groups is 2. The summed E-state index contributed by atoms with van der Waals surface area (Å²) in [5, 5.41) is 5.64. The molecule has 2 N–H and O–H groups in total. The first kappa shape index (κ1) is 18.5. The maximum Gasteiger partial charge on any atom is 0.267 e. The maximum absolute atomic E-state index is 12.6. The molecule has 5 heteroatoms. The van der Waals surface area contributed by atoms with Gasteiger partial charge in [-0.25, -0.2) is 0 Å². The topological polar surface area (TPSA) is 67.4 Å². The molecular weight excluding hydrogens is 316 g/mol. The van der Waals surface area contributed by atoms with E-state index in [1.807, 2.05) is 32.0 Å². The molecular formula is C20H24N2O3. The Kier molecular flexibility index (Phi) is 5.80. The molecule has 0 aliphatic carbocycles. The molecule has 0 atom stereocenters. The molecule has 0 aliphatic rings. The lowest BCUT2D eigenvalue weighted by Gasteiger charge is -2.25. The molecule has 0 fully saturated rings. The van der Waals surface area contributed by atoms with E-state index in [2.05, 4.69) is 10.6 Å². The van der Waals surface area contributed by atoms with E-state index in [0.29, 0.717) is 17.1 Å². The molecule has 0 spiro atoms. The number of nitrogens with one attached hydrogen (secondary N) is 2. The van der Waals surface area contributed by atoms with Gasteiger partial charge >= 0.3 is 0 Å². The van der Waals surface area contributed by atoms with Gasteiger partial charge in [0.05, 0.1) is 0 Å². The SMILES string of the molecule is CC(C)C(=O)Nc1cccc(NC(=O)C(C)(C)Oc2ccccc2)c1. The third-order valence-electron chi connectivity index (χ3n) is 3.58. The van der Waals surface area contributed by atoms with E-state index < -0.39 is 5.60 Å². The molecule has 2 rings (SSSR count). The van der Waals surface area contributed by atoms with Gasteiger partial charge in [0.15, 0.2) is 5.60 Å². The van der Waals surface area contributed by atoms with Gasteiger partial charge < -0.3 is 15.4 Å². The van der Waals surface area contributed by atoms with Crippen molar-refractivity contribution in [2.75, 3.05) is 10.6 Å². The van der Waals surface area contributed by atoms with Crippen LogP contribution in [0.2, 0.25) is 0 Å². The molecule has 25 heavy (non-hydrogen) atoms. The summed E-state index contributed by atoms with van der Waals surface area (Å²) in [5.74, 6) is 0.164. The lowest BCUT2D eigenvalue weighted by Crippen LogP contribution is -2.42. The van der Waals surface area contributed by atoms with Crippen LogP contribution in [0.5, 0.6) is 5.75 Å². The fourth-order valence-corrected chi connectivity index (χ4v) is 2.07. The molecule has 2 aromatic rings. The minimum absolute atomic E-state index is 0.0729. The van der Waals surface area contributed by atoms with Crippen molar-refractivity contribution in [3.05, 3.63) is 54.6 Å². The van der Waals surface area contributed by atoms with Gasteiger partial charge in [0.1, 0.15) is 5.75 Å². The van der Waals surface area contributed by atoms with Crippen LogP contribution >= 0.6 is 0 Å². The summed E-state index contributed by atoms with van der Waals surface area (Å²) in [6, 6.07) is 16.2. The van der Waals surface area contributed by atoms with E-state index in [1.165, 1.54) is 0 Å². The molecule has 0 heterocycles. The van der Waals surface area contributed by atoms with Gasteiger partial charge in [-0.2, -0.15) is 0 Å². The molecule has 0 aromatic heterocycles. The van der Waals surface area contributed by atoms with E-state index in [-0.39, 0.29) is 17.7 Å². The van der Waals surface area contributed by atoms with Crippen LogP contribution < -0.4 is 15.4 Å². The highest BCUT2D eigenvalue weighted by Crippen LogP contribution is 2.21. The van der Waals surface area contributed by atoms with E-state index in [0.717, 1.165) is 0 Å². The van der Waals surface area contributed by atoms with E-state index >= 15 is 0 Å². The first-order chi connectivity index (χ1) is 11.8. The van der Waals surface area contributed by atoms with Crippen LogP contribution in [0.15, 0.2) is 54.6 Å². The predicted octanol–water partition coefficient (Wildman–Crippen LogP) is 4.08. The van der Waals surface area contributed by atoms with Crippen LogP contribution in [0.25, 0.3) is 0 Å². The molecule has 5 nitrogen and oxygen atoms in total. The Morgan fingerprint density at radius 3 is 2.12 bits per heavy atom. The summed E-state index contributed by atoms with van der Waals surface area (Å²) in [6.45, 7) is 7.06. The number of carbonyl (C=O) groups excluding carboxylic acids is 2. The van der Waals surface area contributed by atoms with E-state index in [9.17, 15) is 9.59 Å². The van der Waals surface area contributed by atoms with Crippen molar-refractivity contribution in [2.24, 2.45) is 5.92 Å². The van der Waals surface area contributed by atoms with Crippen molar-refractivity contribution in [1.82, 2.24) is 0 Å². The molecule has 2 aromatic carbocycles. The van der Waals surface area contributed by atoms with Crippen LogP contribution in [0.1, 0.15) is 27.7 Å². The number of para-hydroxylation sites is 1. The minimum atomic E-state index is -1.04. The second-order valence-electron chi connectivity index (χ2n) is 6.60. The van der Waals surface area contributed by atoms with Gasteiger partial charge in [-0.3, -0.25) is 9.59 Å². The fourth-order valence-electron chi connectivity index (χ4n) is 2.07. The highest BCUT2D eigenvalue weighted by Gasteiger charge is 2.30. The van der Waals surface area contributed by atoms with Crippen LogP contribution in [-0.2, 0) is 9.59 Å². The van der Waals surface area contributed by atoms with Crippen molar-refractivity contribution in [3.8, 4) is 5.75 Å². The Hall–Kier alpha value is -2.82. The van der Waals surface area contributed by atoms with Crippen LogP contribution in [-0.4, -0.2) is 17.4 Å². The van der Waals surface area contributed by atoms with Gasteiger partial charge in [0.25, 0.3) is 5.91 Å². The number of benzene rings is 2. The summed E-state index contributed by atoms with van der Waals surface area (Å²) in [7, 11) is 0. The highest BCUT2D eigenvalue weighted by molar-refractivity contribution is 5.98. The zero-order chi connectivity index (χ0) is 18.4. The molecule has 2 amide bonds. The smallest absolute Gasteiger partial charge is 0.267 e. The lowest BCUT2D eigenvalue weighted by atomic mass is 10.1. The average molecular weight is 340 g/mol. The molecule has 0 radical (unpaired) electrons. The Morgan fingerprint density at radius 2 is 1.52 bits per heavy atom. The second-order valence-corrected chi connectivity index (χ2v) is 6.60. The lowest BCUT2D eigenvalue weighted by molar-refractivity contribution is -0.128. The van der Waals surface area contributed by atoms with Crippen LogP contribution in [0.3, 0.4) is 0 Å². The standard InChI is InChI=1S/C20H24N2O3/c1-14(2)18(23)21-15-9-8-10-16(13-15)22-19(24)20(3,4)25-17-11-6-5-7-12-17/h5-14H,1-4H3,(H,21,23)(H,22,24). The van der Waals surface area contributed by atoms with Crippen molar-refractivity contribution in [3.63, 3.8) is 0 Å². The number of anilines is 2. The quantitative estimate of drug-likeness (QED) is 0.833. The number of hydrogen-bond acceptors (Lipinski definition) is 3. The Bertz CT molecular complexity index is 740. The first-order valence-corrected chi connectivity index (χ1v) is 8.24. The number of rotatable bonds is 6. The van der Waals surface area contributed by atoms with Crippen molar-refractivity contribution < 1.29 is 14.3 Å². The van der Waals surface area contributed by atoms with Crippen molar-refractivity contribution in [2.45, 2.75) is 33.3 Å². The first-order valence-electron chi connectivity index (χ1n) is 8.24. The minimum Gasteiger partial charge on any atom is -0.478 e. The summed E-state index contributed by atoms with van der Waals surface area (Å²) in [5.41, 5.74) is 0.188. The average Bonchev–Trinajstić information content (AvgIpc) is 2.55. The molecule has 0 saturated carbocycles. The van der Waals surface area contributed by atoms with Crippen molar-refractivity contribution >= 4 is 23.2 Å². The molecule has 132 valence electrons. The summed E-state index contributed by atoms with van der Waals surface area (Å²) < 4.78 is 5.78. The van der Waals surface area contributed by atoms with Crippen molar-refractivity contribution in [1.29, 1.82) is 0 Å². The Labute approximate surface area is 148 Å². The molecule has 0 aliphatic heterocycles. The zero-order valence-corrected chi connectivity index (χ0v) is 15.0. The third kappa shape index (κ3) is 5.35. The zero-order valence-electron chi connectivity index (χ0n) is 15.0. The molecule has 0 bridgehead atoms. The van der Waals surface area contributed by atoms with Crippen LogP contribution in [0, 0.1) is 5.92 Å². The van der Waals surface area contributed by atoms with Gasteiger partial charge in [-0.15, -0.1) is 0 Å². The fraction of sp³-hybridized carbons (Fsp3) is 0.300. The van der Waals surface area contributed by atoms with Crippen LogP contribution in [0.4, 0.5) is 11.4 Å². The normalized spacial score (nSPS) is 11.1. The molecule has 0 unspecified atom stereocenters. The Morgan fingerprint density at radius 1 is 0.920 bits per heavy atom. The van der Waals surface area contributed by atoms with E-state index in [4.69, 9.17) is 4.74 Å².